The lowest BCUT2D eigenvalue weighted by atomic mass is 10.3. The van der Waals surface area contributed by atoms with E-state index in [1.54, 1.807) is 0 Å². The Hall–Kier alpha value is -0.700. The van der Waals surface area contributed by atoms with E-state index in [0.29, 0.717) is 12.1 Å². The summed E-state index contributed by atoms with van der Waals surface area (Å²) in [5.74, 6) is 0.201. The minimum absolute atomic E-state index is 0.201. The van der Waals surface area contributed by atoms with Gasteiger partial charge in [-0.2, -0.15) is 0 Å². The molecule has 0 atom stereocenters. The molecule has 0 aliphatic rings. The molecule has 0 unspecified atom stereocenters. The number of hydrogen-bond donors (Lipinski definition) is 3. The Kier molecular flexibility index (Phi) is 3.03. The topological polar surface area (TPSA) is 72.3 Å². The highest BCUT2D eigenvalue weighted by atomic mass is 16.3. The van der Waals surface area contributed by atoms with Crippen molar-refractivity contribution in [2.24, 2.45) is 11.5 Å². The Balaban J connectivity index is 3.83. The molecule has 0 fully saturated rings. The zero-order valence-electron chi connectivity index (χ0n) is 5.02. The van der Waals surface area contributed by atoms with Crippen LogP contribution in [0.2, 0.25) is 0 Å². The van der Waals surface area contributed by atoms with Crippen molar-refractivity contribution in [3.63, 3.8) is 0 Å². The van der Waals surface area contributed by atoms with Gasteiger partial charge in [0.25, 0.3) is 0 Å². The second-order valence-electron chi connectivity index (χ2n) is 1.53. The summed E-state index contributed by atoms with van der Waals surface area (Å²) in [6.07, 6.45) is 0.559. The van der Waals surface area contributed by atoms with Gasteiger partial charge in [0, 0.05) is 13.0 Å². The van der Waals surface area contributed by atoms with Crippen LogP contribution in [0.25, 0.3) is 0 Å². The van der Waals surface area contributed by atoms with Gasteiger partial charge < -0.3 is 16.6 Å². The van der Waals surface area contributed by atoms with Crippen LogP contribution in [0, 0.1) is 0 Å². The molecular weight excluding hydrogens is 104 g/mol. The first-order chi connectivity index (χ1) is 3.72. The zero-order valence-corrected chi connectivity index (χ0v) is 5.02. The molecule has 0 saturated heterocycles. The van der Waals surface area contributed by atoms with E-state index in [4.69, 9.17) is 16.6 Å². The second kappa shape index (κ2) is 3.32. The Morgan fingerprint density at radius 2 is 2.12 bits per heavy atom. The first-order valence-corrected chi connectivity index (χ1v) is 2.58. The van der Waals surface area contributed by atoms with E-state index in [0.717, 1.165) is 0 Å². The Morgan fingerprint density at radius 3 is 2.25 bits per heavy atom. The van der Waals surface area contributed by atoms with Crippen molar-refractivity contribution in [3.8, 4) is 0 Å². The molecule has 0 aliphatic heterocycles. The van der Waals surface area contributed by atoms with E-state index in [1.807, 2.05) is 6.92 Å². The first kappa shape index (κ1) is 7.30. The van der Waals surface area contributed by atoms with Crippen LogP contribution >= 0.6 is 0 Å². The van der Waals surface area contributed by atoms with Gasteiger partial charge in [0.1, 0.15) is 5.76 Å². The number of hydrogen-bond acceptors (Lipinski definition) is 3. The maximum Gasteiger partial charge on any atom is 0.112 e. The van der Waals surface area contributed by atoms with Crippen molar-refractivity contribution in [2.75, 3.05) is 6.54 Å². The van der Waals surface area contributed by atoms with Gasteiger partial charge in [0.2, 0.25) is 0 Å². The normalized spacial score (nSPS) is 13.2. The van der Waals surface area contributed by atoms with Crippen LogP contribution < -0.4 is 11.5 Å². The molecule has 0 aromatic carbocycles. The lowest BCUT2D eigenvalue weighted by Gasteiger charge is -1.98. The van der Waals surface area contributed by atoms with Crippen molar-refractivity contribution in [1.82, 2.24) is 0 Å². The van der Waals surface area contributed by atoms with Gasteiger partial charge in [-0.05, 0) is 0 Å². The van der Waals surface area contributed by atoms with Gasteiger partial charge >= 0.3 is 0 Å². The fourth-order valence-corrected chi connectivity index (χ4v) is 0.345. The average molecular weight is 116 g/mol. The molecule has 0 rings (SSSR count). The molecule has 0 aromatic rings. The maximum absolute atomic E-state index is 8.80. The first-order valence-electron chi connectivity index (χ1n) is 2.58. The van der Waals surface area contributed by atoms with Crippen LogP contribution in [0.4, 0.5) is 0 Å². The van der Waals surface area contributed by atoms with Gasteiger partial charge in [-0.25, -0.2) is 0 Å². The van der Waals surface area contributed by atoms with E-state index >= 15 is 0 Å². The molecule has 0 aliphatic carbocycles. The largest absolute Gasteiger partial charge is 0.510 e. The maximum atomic E-state index is 8.80. The van der Waals surface area contributed by atoms with E-state index in [-0.39, 0.29) is 12.3 Å². The third kappa shape index (κ3) is 1.84. The van der Waals surface area contributed by atoms with Gasteiger partial charge in [-0.3, -0.25) is 0 Å². The standard InChI is InChI=1S/C5H12N2O/c1-2-5(8)4(7)3-6/h8H,2-3,6-7H2,1H3. The fourth-order valence-electron chi connectivity index (χ4n) is 0.345. The Labute approximate surface area is 49.0 Å². The quantitative estimate of drug-likeness (QED) is 0.447. The third-order valence-electron chi connectivity index (χ3n) is 0.925. The predicted molar refractivity (Wildman–Crippen MR) is 33.2 cm³/mol. The molecule has 0 amide bonds. The highest BCUT2D eigenvalue weighted by Crippen LogP contribution is 1.95. The van der Waals surface area contributed by atoms with Crippen molar-refractivity contribution in [3.05, 3.63) is 11.5 Å². The molecule has 0 spiro atoms. The molecule has 48 valence electrons. The SMILES string of the molecule is CCC(O)=C(N)CN. The van der Waals surface area contributed by atoms with Crippen molar-refractivity contribution in [1.29, 1.82) is 0 Å². The third-order valence-corrected chi connectivity index (χ3v) is 0.925. The zero-order chi connectivity index (χ0) is 6.57. The summed E-state index contributed by atoms with van der Waals surface area (Å²) in [5, 5.41) is 8.80. The van der Waals surface area contributed by atoms with E-state index in [2.05, 4.69) is 0 Å². The minimum atomic E-state index is 0.201. The lowest BCUT2D eigenvalue weighted by molar-refractivity contribution is 0.385. The van der Waals surface area contributed by atoms with Crippen LogP contribution in [-0.4, -0.2) is 11.7 Å². The summed E-state index contributed by atoms with van der Waals surface area (Å²) >= 11 is 0. The monoisotopic (exact) mass is 116 g/mol. The van der Waals surface area contributed by atoms with E-state index in [9.17, 15) is 0 Å². The summed E-state index contributed by atoms with van der Waals surface area (Å²) in [5.41, 5.74) is 10.7. The molecule has 0 aromatic heterocycles. The summed E-state index contributed by atoms with van der Waals surface area (Å²) < 4.78 is 0. The molecule has 0 radical (unpaired) electrons. The number of rotatable bonds is 2. The molecule has 8 heavy (non-hydrogen) atoms. The number of allylic oxidation sites excluding steroid dienone is 1. The number of aliphatic hydroxyl groups excluding tert-OH is 1. The van der Waals surface area contributed by atoms with E-state index < -0.39 is 0 Å². The highest BCUT2D eigenvalue weighted by molar-refractivity contribution is 5.03. The minimum Gasteiger partial charge on any atom is -0.510 e. The number of aliphatic hydroxyl groups is 1. The summed E-state index contributed by atoms with van der Waals surface area (Å²) in [6.45, 7) is 2.05. The molecule has 3 heteroatoms. The molecular formula is C5H12N2O. The molecule has 0 bridgehead atoms. The van der Waals surface area contributed by atoms with Gasteiger partial charge in [0.15, 0.2) is 0 Å². The van der Waals surface area contributed by atoms with Gasteiger partial charge in [-0.15, -0.1) is 0 Å². The summed E-state index contributed by atoms with van der Waals surface area (Å²) in [6, 6.07) is 0. The smallest absolute Gasteiger partial charge is 0.112 e. The summed E-state index contributed by atoms with van der Waals surface area (Å²) in [7, 11) is 0. The van der Waals surface area contributed by atoms with Crippen LogP contribution in [0.5, 0.6) is 0 Å². The molecule has 5 N–H and O–H groups in total. The van der Waals surface area contributed by atoms with Crippen molar-refractivity contribution in [2.45, 2.75) is 13.3 Å². The van der Waals surface area contributed by atoms with Gasteiger partial charge in [-0.1, -0.05) is 6.92 Å². The van der Waals surface area contributed by atoms with Gasteiger partial charge in [0.05, 0.1) is 5.70 Å². The van der Waals surface area contributed by atoms with E-state index in [1.165, 1.54) is 0 Å². The second-order valence-corrected chi connectivity index (χ2v) is 1.53. The molecule has 0 saturated carbocycles. The fraction of sp³-hybridized carbons (Fsp3) is 0.600. The van der Waals surface area contributed by atoms with Crippen LogP contribution in [0.3, 0.4) is 0 Å². The Morgan fingerprint density at radius 1 is 1.62 bits per heavy atom. The predicted octanol–water partition coefficient (Wildman–Crippen LogP) is 0.0834. The van der Waals surface area contributed by atoms with Crippen molar-refractivity contribution < 1.29 is 5.11 Å². The van der Waals surface area contributed by atoms with Crippen LogP contribution in [-0.2, 0) is 0 Å². The molecule has 3 nitrogen and oxygen atoms in total. The van der Waals surface area contributed by atoms with Crippen molar-refractivity contribution >= 4 is 0 Å². The summed E-state index contributed by atoms with van der Waals surface area (Å²) in [4.78, 5) is 0. The number of nitrogens with two attached hydrogens (primary N) is 2. The molecule has 0 heterocycles. The van der Waals surface area contributed by atoms with Crippen LogP contribution in [0.1, 0.15) is 13.3 Å². The highest BCUT2D eigenvalue weighted by Gasteiger charge is 1.92. The Bertz CT molecular complexity index is 86.6. The lowest BCUT2D eigenvalue weighted by Crippen LogP contribution is -2.13. The van der Waals surface area contributed by atoms with Crippen LogP contribution in [0.15, 0.2) is 11.5 Å². The average Bonchev–Trinajstić information content (AvgIpc) is 1.84.